The van der Waals surface area contributed by atoms with Gasteiger partial charge in [0.1, 0.15) is 0 Å². The van der Waals surface area contributed by atoms with E-state index in [2.05, 4.69) is 12.1 Å². The molecule has 0 spiro atoms. The lowest BCUT2D eigenvalue weighted by molar-refractivity contribution is -0.116. The molecule has 0 aromatic heterocycles. The van der Waals surface area contributed by atoms with Crippen molar-refractivity contribution >= 4 is 29.8 Å². The summed E-state index contributed by atoms with van der Waals surface area (Å²) in [6, 6.07) is 6.16. The van der Waals surface area contributed by atoms with Crippen LogP contribution in [0.25, 0.3) is 0 Å². The third-order valence-corrected chi connectivity index (χ3v) is 2.31. The summed E-state index contributed by atoms with van der Waals surface area (Å²) >= 11 is 0. The highest BCUT2D eigenvalue weighted by molar-refractivity contribution is 6.87. The molecule has 2 nitrogen and oxygen atoms in total. The van der Waals surface area contributed by atoms with Crippen LogP contribution in [0.3, 0.4) is 0 Å². The van der Waals surface area contributed by atoms with E-state index in [9.17, 15) is 4.79 Å². The lowest BCUT2D eigenvalue weighted by Crippen LogP contribution is -2.23. The van der Waals surface area contributed by atoms with Gasteiger partial charge in [-0.25, -0.2) is 0 Å². The van der Waals surface area contributed by atoms with Crippen LogP contribution in [0, 0.1) is 0 Å². The smallest absolute Gasteiger partial charge is 0.223 e. The second-order valence-corrected chi connectivity index (χ2v) is 3.21. The number of nitrogens with zero attached hydrogens (tertiary/aromatic N) is 1. The normalized spacial score (nSPS) is 11.5. The minimum Gasteiger partial charge on any atom is -0.316 e. The minimum absolute atomic E-state index is 0.0793. The molecule has 1 aromatic rings. The van der Waals surface area contributed by atoms with E-state index in [1.165, 1.54) is 10.9 Å². The second-order valence-electron chi connectivity index (χ2n) is 3.21. The molecule has 1 aromatic carbocycles. The van der Waals surface area contributed by atoms with Crippen LogP contribution in [-0.2, 0) is 4.79 Å². The molecule has 0 radical (unpaired) electrons. The number of carbonyl (C=O) groups is 1. The number of anilines is 1. The van der Waals surface area contributed by atoms with Crippen LogP contribution in [0.2, 0.25) is 0 Å². The molecule has 0 atom stereocenters. The van der Waals surface area contributed by atoms with Gasteiger partial charge in [-0.15, -0.1) is 0 Å². The summed E-state index contributed by atoms with van der Waals surface area (Å²) in [5.41, 5.74) is 3.79. The molecule has 60 valence electrons. The average Bonchev–Trinajstić information content (AvgIpc) is 2.79. The van der Waals surface area contributed by atoms with E-state index in [4.69, 9.17) is 0 Å². The van der Waals surface area contributed by atoms with Crippen LogP contribution in [-0.4, -0.2) is 20.2 Å². The molecular formula is C9H10BNO. The lowest BCUT2D eigenvalue weighted by atomic mass is 10.00. The van der Waals surface area contributed by atoms with Crippen molar-refractivity contribution in [1.29, 1.82) is 0 Å². The molecule has 2 rings (SSSR count). The van der Waals surface area contributed by atoms with Gasteiger partial charge in [0, 0.05) is 19.7 Å². The molecule has 0 N–H and O–H groups in total. The zero-order chi connectivity index (χ0) is 8.72. The SMILES string of the molecule is CC(=O)N(C)c1ccc2c(c1)B2. The average molecular weight is 159 g/mol. The fourth-order valence-electron chi connectivity index (χ4n) is 1.27. The van der Waals surface area contributed by atoms with E-state index in [1.807, 2.05) is 6.07 Å². The standard InChI is InChI=1S/C9H10BNO/c1-6(12)11(2)7-3-4-8-9(5-7)10-8/h3-5,10H,1-2H3. The maximum atomic E-state index is 11.0. The van der Waals surface area contributed by atoms with Crippen LogP contribution in [0.1, 0.15) is 6.92 Å². The number of hydrogen-bond donors (Lipinski definition) is 0. The molecule has 1 amide bonds. The zero-order valence-electron chi connectivity index (χ0n) is 7.29. The Morgan fingerprint density at radius 3 is 2.75 bits per heavy atom. The summed E-state index contributed by atoms with van der Waals surface area (Å²) in [6.07, 6.45) is 0. The number of fused-ring (bicyclic) bond motifs is 1. The molecule has 1 heterocycles. The molecule has 0 saturated heterocycles. The van der Waals surface area contributed by atoms with Gasteiger partial charge in [-0.1, -0.05) is 17.0 Å². The Labute approximate surface area is 72.4 Å². The summed E-state index contributed by atoms with van der Waals surface area (Å²) in [5.74, 6) is 0.0793. The largest absolute Gasteiger partial charge is 0.316 e. The number of carbonyl (C=O) groups excluding carboxylic acids is 1. The van der Waals surface area contributed by atoms with Crippen molar-refractivity contribution in [2.45, 2.75) is 6.92 Å². The molecule has 0 unspecified atom stereocenters. The van der Waals surface area contributed by atoms with E-state index in [0.29, 0.717) is 0 Å². The second kappa shape index (κ2) is 2.37. The highest BCUT2D eigenvalue weighted by Gasteiger charge is 2.19. The van der Waals surface area contributed by atoms with Gasteiger partial charge in [-0.05, 0) is 12.1 Å². The van der Waals surface area contributed by atoms with Crippen LogP contribution >= 0.6 is 0 Å². The zero-order valence-corrected chi connectivity index (χ0v) is 7.29. The van der Waals surface area contributed by atoms with Crippen molar-refractivity contribution in [3.05, 3.63) is 18.2 Å². The van der Waals surface area contributed by atoms with Gasteiger partial charge < -0.3 is 4.90 Å². The van der Waals surface area contributed by atoms with Crippen LogP contribution < -0.4 is 15.8 Å². The number of benzene rings is 1. The number of rotatable bonds is 1. The van der Waals surface area contributed by atoms with Crippen molar-refractivity contribution in [1.82, 2.24) is 0 Å². The van der Waals surface area contributed by atoms with Crippen molar-refractivity contribution in [2.24, 2.45) is 0 Å². The van der Waals surface area contributed by atoms with Gasteiger partial charge in [0.05, 0.1) is 0 Å². The first-order valence-electron chi connectivity index (χ1n) is 4.04. The molecule has 1 aliphatic heterocycles. The Hall–Kier alpha value is -1.25. The van der Waals surface area contributed by atoms with Crippen molar-refractivity contribution in [3.63, 3.8) is 0 Å². The Kier molecular flexibility index (Phi) is 1.46. The van der Waals surface area contributed by atoms with E-state index >= 15 is 0 Å². The van der Waals surface area contributed by atoms with Crippen molar-refractivity contribution in [2.75, 3.05) is 11.9 Å². The first-order valence-corrected chi connectivity index (χ1v) is 4.04. The van der Waals surface area contributed by atoms with Gasteiger partial charge in [-0.3, -0.25) is 4.79 Å². The monoisotopic (exact) mass is 159 g/mol. The molecular weight excluding hydrogens is 149 g/mol. The van der Waals surface area contributed by atoms with Gasteiger partial charge in [0.25, 0.3) is 0 Å². The Bertz CT molecular complexity index is 348. The number of hydrogen-bond acceptors (Lipinski definition) is 1. The summed E-state index contributed by atoms with van der Waals surface area (Å²) in [6.45, 7) is 1.57. The molecule has 0 fully saturated rings. The summed E-state index contributed by atoms with van der Waals surface area (Å²) < 4.78 is 0. The quantitative estimate of drug-likeness (QED) is 0.507. The molecule has 0 aliphatic carbocycles. The van der Waals surface area contributed by atoms with Crippen molar-refractivity contribution in [3.8, 4) is 0 Å². The van der Waals surface area contributed by atoms with Crippen LogP contribution in [0.15, 0.2) is 18.2 Å². The fourth-order valence-corrected chi connectivity index (χ4v) is 1.27. The van der Waals surface area contributed by atoms with Gasteiger partial charge in [-0.2, -0.15) is 0 Å². The third kappa shape index (κ3) is 1.11. The third-order valence-electron chi connectivity index (χ3n) is 2.31. The van der Waals surface area contributed by atoms with E-state index in [-0.39, 0.29) is 5.91 Å². The molecule has 3 heteroatoms. The van der Waals surface area contributed by atoms with Gasteiger partial charge in [0.2, 0.25) is 5.91 Å². The minimum atomic E-state index is 0.0793. The molecule has 0 saturated carbocycles. The first-order chi connectivity index (χ1) is 5.68. The Morgan fingerprint density at radius 1 is 1.42 bits per heavy atom. The van der Waals surface area contributed by atoms with Crippen molar-refractivity contribution < 1.29 is 4.79 Å². The maximum absolute atomic E-state index is 11.0. The predicted octanol–water partition coefficient (Wildman–Crippen LogP) is -0.630. The Balaban J connectivity index is 2.30. The topological polar surface area (TPSA) is 20.3 Å². The maximum Gasteiger partial charge on any atom is 0.223 e. The van der Waals surface area contributed by atoms with E-state index < -0.39 is 0 Å². The first kappa shape index (κ1) is 7.41. The van der Waals surface area contributed by atoms with Crippen LogP contribution in [0.4, 0.5) is 5.69 Å². The van der Waals surface area contributed by atoms with Gasteiger partial charge in [0.15, 0.2) is 7.28 Å². The van der Waals surface area contributed by atoms with E-state index in [0.717, 1.165) is 13.0 Å². The predicted molar refractivity (Wildman–Crippen MR) is 51.9 cm³/mol. The summed E-state index contributed by atoms with van der Waals surface area (Å²) in [4.78, 5) is 12.7. The summed E-state index contributed by atoms with van der Waals surface area (Å²) in [5, 5.41) is 0. The molecule has 0 bridgehead atoms. The Morgan fingerprint density at radius 2 is 2.17 bits per heavy atom. The fraction of sp³-hybridized carbons (Fsp3) is 0.222. The molecule has 1 aliphatic rings. The highest BCUT2D eigenvalue weighted by atomic mass is 16.2. The summed E-state index contributed by atoms with van der Waals surface area (Å²) in [7, 11) is 2.90. The highest BCUT2D eigenvalue weighted by Crippen LogP contribution is 2.11. The molecule has 12 heavy (non-hydrogen) atoms. The van der Waals surface area contributed by atoms with Crippen LogP contribution in [0.5, 0.6) is 0 Å². The van der Waals surface area contributed by atoms with E-state index in [1.54, 1.807) is 18.9 Å². The lowest BCUT2D eigenvalue weighted by Gasteiger charge is -2.13. The van der Waals surface area contributed by atoms with Gasteiger partial charge >= 0.3 is 0 Å². The number of amides is 1.